The number of nitrogens with one attached hydrogen (secondary N) is 1. The Balaban J connectivity index is 1.30. The van der Waals surface area contributed by atoms with Crippen molar-refractivity contribution in [1.82, 2.24) is 5.32 Å². The molecule has 0 bridgehead atoms. The van der Waals surface area contributed by atoms with Gasteiger partial charge >= 0.3 is 0 Å². The minimum atomic E-state index is -0.306. The van der Waals surface area contributed by atoms with E-state index in [9.17, 15) is 9.18 Å². The number of halogens is 1. The molecular weight excluding hydrogens is 421 g/mol. The van der Waals surface area contributed by atoms with E-state index in [1.54, 1.807) is 31.4 Å². The lowest BCUT2D eigenvalue weighted by molar-refractivity contribution is -0.122. The van der Waals surface area contributed by atoms with E-state index < -0.39 is 0 Å². The second-order valence-corrected chi connectivity index (χ2v) is 8.03. The Morgan fingerprint density at radius 2 is 1.82 bits per heavy atom. The second kappa shape index (κ2) is 10.4. The normalized spacial score (nSPS) is 16.7. The summed E-state index contributed by atoms with van der Waals surface area (Å²) in [5.41, 5.74) is 2.54. The van der Waals surface area contributed by atoms with Crippen LogP contribution in [-0.4, -0.2) is 19.6 Å². The van der Waals surface area contributed by atoms with E-state index in [1.807, 2.05) is 43.3 Å². The standard InChI is InChI=1S/C27H28FNO4/c1-3-32-21-11-9-19(10-12-21)22-15-23(22)27(30)29-16-18-8-13-25(26(14-18)31-2)33-17-20-6-4-5-7-24(20)28/h4-14,22-23H,3,15-17H2,1-2H3,(H,29,30). The Bertz CT molecular complexity index is 1100. The predicted octanol–water partition coefficient (Wildman–Crippen LogP) is 5.23. The molecule has 1 amide bonds. The van der Waals surface area contributed by atoms with Gasteiger partial charge in [-0.3, -0.25) is 4.79 Å². The Labute approximate surface area is 193 Å². The lowest BCUT2D eigenvalue weighted by Gasteiger charge is -2.13. The van der Waals surface area contributed by atoms with Crippen molar-refractivity contribution >= 4 is 5.91 Å². The first kappa shape index (κ1) is 22.6. The number of hydrogen-bond donors (Lipinski definition) is 1. The number of amides is 1. The van der Waals surface area contributed by atoms with E-state index >= 15 is 0 Å². The van der Waals surface area contributed by atoms with Crippen LogP contribution in [0.2, 0.25) is 0 Å². The zero-order valence-corrected chi connectivity index (χ0v) is 18.8. The van der Waals surface area contributed by atoms with Crippen molar-refractivity contribution in [3.63, 3.8) is 0 Å². The topological polar surface area (TPSA) is 56.8 Å². The van der Waals surface area contributed by atoms with Crippen molar-refractivity contribution in [2.75, 3.05) is 13.7 Å². The molecule has 1 aliphatic carbocycles. The summed E-state index contributed by atoms with van der Waals surface area (Å²) in [7, 11) is 1.55. The van der Waals surface area contributed by atoms with E-state index in [4.69, 9.17) is 14.2 Å². The fourth-order valence-electron chi connectivity index (χ4n) is 3.86. The summed E-state index contributed by atoms with van der Waals surface area (Å²) in [4.78, 5) is 12.6. The van der Waals surface area contributed by atoms with Gasteiger partial charge in [0.05, 0.1) is 13.7 Å². The highest BCUT2D eigenvalue weighted by Crippen LogP contribution is 2.47. The summed E-state index contributed by atoms with van der Waals surface area (Å²) >= 11 is 0. The Morgan fingerprint density at radius 1 is 1.03 bits per heavy atom. The lowest BCUT2D eigenvalue weighted by atomic mass is 10.1. The van der Waals surface area contributed by atoms with E-state index in [0.29, 0.717) is 30.2 Å². The average molecular weight is 450 g/mol. The van der Waals surface area contributed by atoms with Gasteiger partial charge in [0.2, 0.25) is 5.91 Å². The smallest absolute Gasteiger partial charge is 0.224 e. The third kappa shape index (κ3) is 5.64. The van der Waals surface area contributed by atoms with Crippen LogP contribution < -0.4 is 19.5 Å². The Hall–Kier alpha value is -3.54. The molecule has 0 saturated heterocycles. The maximum atomic E-state index is 13.8. The number of ether oxygens (including phenoxy) is 3. The van der Waals surface area contributed by atoms with Crippen LogP contribution in [0, 0.1) is 11.7 Å². The predicted molar refractivity (Wildman–Crippen MR) is 124 cm³/mol. The minimum absolute atomic E-state index is 0.00628. The first-order valence-electron chi connectivity index (χ1n) is 11.1. The van der Waals surface area contributed by atoms with Gasteiger partial charge in [-0.15, -0.1) is 0 Å². The molecule has 3 aromatic rings. The van der Waals surface area contributed by atoms with Crippen molar-refractivity contribution in [1.29, 1.82) is 0 Å². The molecule has 0 radical (unpaired) electrons. The molecule has 33 heavy (non-hydrogen) atoms. The van der Waals surface area contributed by atoms with Gasteiger partial charge in [-0.05, 0) is 60.7 Å². The maximum absolute atomic E-state index is 13.8. The summed E-state index contributed by atoms with van der Waals surface area (Å²) in [6.45, 7) is 3.09. The number of carbonyl (C=O) groups excluding carboxylic acids is 1. The molecule has 6 heteroatoms. The molecule has 2 unspecified atom stereocenters. The highest BCUT2D eigenvalue weighted by molar-refractivity contribution is 5.82. The first-order valence-corrected chi connectivity index (χ1v) is 11.1. The van der Waals surface area contributed by atoms with Gasteiger partial charge in [0.15, 0.2) is 11.5 Å². The molecule has 4 rings (SSSR count). The second-order valence-electron chi connectivity index (χ2n) is 8.03. The minimum Gasteiger partial charge on any atom is -0.494 e. The number of hydrogen-bond acceptors (Lipinski definition) is 4. The lowest BCUT2D eigenvalue weighted by Crippen LogP contribution is -2.24. The molecule has 1 fully saturated rings. The van der Waals surface area contributed by atoms with E-state index in [-0.39, 0.29) is 30.2 Å². The Kier molecular flexibility index (Phi) is 7.13. The highest BCUT2D eigenvalue weighted by atomic mass is 19.1. The van der Waals surface area contributed by atoms with Crippen LogP contribution in [0.4, 0.5) is 4.39 Å². The molecule has 2 atom stereocenters. The van der Waals surface area contributed by atoms with Gasteiger partial charge in [0, 0.05) is 18.0 Å². The van der Waals surface area contributed by atoms with E-state index in [2.05, 4.69) is 5.32 Å². The van der Waals surface area contributed by atoms with Crippen molar-refractivity contribution in [3.05, 3.63) is 89.2 Å². The van der Waals surface area contributed by atoms with Crippen LogP contribution in [-0.2, 0) is 17.9 Å². The van der Waals surface area contributed by atoms with Crippen molar-refractivity contribution < 1.29 is 23.4 Å². The quantitative estimate of drug-likeness (QED) is 0.460. The van der Waals surface area contributed by atoms with Crippen LogP contribution in [0.25, 0.3) is 0 Å². The van der Waals surface area contributed by atoms with Gasteiger partial charge in [-0.2, -0.15) is 0 Å². The SMILES string of the molecule is CCOc1ccc(C2CC2C(=O)NCc2ccc(OCc3ccccc3F)c(OC)c2)cc1. The molecule has 0 spiro atoms. The summed E-state index contributed by atoms with van der Waals surface area (Å²) in [6, 6.07) is 20.0. The van der Waals surface area contributed by atoms with Crippen molar-refractivity contribution in [2.24, 2.45) is 5.92 Å². The van der Waals surface area contributed by atoms with Crippen LogP contribution in [0.15, 0.2) is 66.7 Å². The van der Waals surface area contributed by atoms with Gasteiger partial charge in [-0.1, -0.05) is 36.4 Å². The molecule has 1 N–H and O–H groups in total. The first-order chi connectivity index (χ1) is 16.1. The Morgan fingerprint density at radius 3 is 2.55 bits per heavy atom. The molecule has 1 saturated carbocycles. The molecule has 0 aliphatic heterocycles. The van der Waals surface area contributed by atoms with E-state index in [0.717, 1.165) is 23.3 Å². The molecule has 3 aromatic carbocycles. The summed E-state index contributed by atoms with van der Waals surface area (Å²) < 4.78 is 30.5. The third-order valence-corrected chi connectivity index (χ3v) is 5.78. The molecule has 172 valence electrons. The maximum Gasteiger partial charge on any atom is 0.224 e. The monoisotopic (exact) mass is 449 g/mol. The van der Waals surface area contributed by atoms with Crippen molar-refractivity contribution in [3.8, 4) is 17.2 Å². The largest absolute Gasteiger partial charge is 0.494 e. The molecular formula is C27H28FNO4. The van der Waals surface area contributed by atoms with Gasteiger partial charge in [0.25, 0.3) is 0 Å². The molecule has 0 aromatic heterocycles. The summed E-state index contributed by atoms with van der Waals surface area (Å²) in [5, 5.41) is 3.02. The highest BCUT2D eigenvalue weighted by Gasteiger charge is 2.43. The van der Waals surface area contributed by atoms with Crippen LogP contribution >= 0.6 is 0 Å². The van der Waals surface area contributed by atoms with Gasteiger partial charge in [0.1, 0.15) is 18.2 Å². The number of methoxy groups -OCH3 is 1. The fourth-order valence-corrected chi connectivity index (χ4v) is 3.86. The summed E-state index contributed by atoms with van der Waals surface area (Å²) in [6.07, 6.45) is 0.853. The third-order valence-electron chi connectivity index (χ3n) is 5.78. The zero-order chi connectivity index (χ0) is 23.2. The van der Waals surface area contributed by atoms with Crippen LogP contribution in [0.1, 0.15) is 36.0 Å². The fraction of sp³-hybridized carbons (Fsp3) is 0.296. The number of rotatable bonds is 10. The van der Waals surface area contributed by atoms with Gasteiger partial charge < -0.3 is 19.5 Å². The zero-order valence-electron chi connectivity index (χ0n) is 18.8. The van der Waals surface area contributed by atoms with Crippen LogP contribution in [0.3, 0.4) is 0 Å². The van der Waals surface area contributed by atoms with Gasteiger partial charge in [-0.25, -0.2) is 4.39 Å². The van der Waals surface area contributed by atoms with E-state index in [1.165, 1.54) is 6.07 Å². The molecule has 1 aliphatic rings. The molecule has 5 nitrogen and oxygen atoms in total. The number of benzene rings is 3. The van der Waals surface area contributed by atoms with Crippen molar-refractivity contribution in [2.45, 2.75) is 32.4 Å². The van der Waals surface area contributed by atoms with Crippen LogP contribution in [0.5, 0.6) is 17.2 Å². The molecule has 0 heterocycles. The number of carbonyl (C=O) groups is 1. The summed E-state index contributed by atoms with van der Waals surface area (Å²) in [5.74, 6) is 1.90. The average Bonchev–Trinajstić information content (AvgIpc) is 3.64.